The van der Waals surface area contributed by atoms with E-state index in [1.54, 1.807) is 0 Å². The van der Waals surface area contributed by atoms with Crippen molar-refractivity contribution in [2.75, 3.05) is 72.1 Å². The fourth-order valence-corrected chi connectivity index (χ4v) is 11.7. The number of carbonyl (C=O) groups is 2. The van der Waals surface area contributed by atoms with E-state index in [9.17, 15) is 9.59 Å². The summed E-state index contributed by atoms with van der Waals surface area (Å²) in [4.78, 5) is 28.0. The summed E-state index contributed by atoms with van der Waals surface area (Å²) in [7, 11) is 0. The Labute approximate surface area is 490 Å². The number of benzene rings is 6. The molecule has 1 aliphatic carbocycles. The summed E-state index contributed by atoms with van der Waals surface area (Å²) >= 11 is 0. The van der Waals surface area contributed by atoms with Crippen molar-refractivity contribution in [3.63, 3.8) is 0 Å². The highest BCUT2D eigenvalue weighted by Crippen LogP contribution is 2.34. The third-order valence-electron chi connectivity index (χ3n) is 16.4. The highest BCUT2D eigenvalue weighted by atomic mass is 16.7. The van der Waals surface area contributed by atoms with Crippen LogP contribution in [-0.4, -0.2) is 150 Å². The van der Waals surface area contributed by atoms with Crippen LogP contribution in [0.5, 0.6) is 0 Å². The van der Waals surface area contributed by atoms with Gasteiger partial charge in [-0.05, 0) is 125 Å². The van der Waals surface area contributed by atoms with Crippen molar-refractivity contribution in [2.24, 2.45) is 22.9 Å². The van der Waals surface area contributed by atoms with E-state index < -0.39 is 61.0 Å². The van der Waals surface area contributed by atoms with Crippen molar-refractivity contribution in [3.05, 3.63) is 144 Å². The van der Waals surface area contributed by atoms with Crippen molar-refractivity contribution in [1.82, 2.24) is 26.2 Å². The molecule has 448 valence electrons. The Kier molecular flexibility index (Phi) is 24.5. The van der Waals surface area contributed by atoms with Crippen LogP contribution >= 0.6 is 0 Å². The number of fused-ring (bicyclic) bond motifs is 3. The molecule has 2 saturated heterocycles. The van der Waals surface area contributed by atoms with Crippen LogP contribution < -0.4 is 44.2 Å². The van der Waals surface area contributed by atoms with Gasteiger partial charge in [-0.15, -0.1) is 0 Å². The van der Waals surface area contributed by atoms with E-state index in [-0.39, 0.29) is 31.6 Å². The van der Waals surface area contributed by atoms with Gasteiger partial charge in [-0.1, -0.05) is 122 Å². The number of nitrogens with two attached hydrogens (primary N) is 4. The number of nitrogens with one attached hydrogen (secondary N) is 4. The lowest BCUT2D eigenvalue weighted by Crippen LogP contribution is -2.68. The molecule has 17 nitrogen and oxygen atoms in total. The quantitative estimate of drug-likeness (QED) is 0.0311. The van der Waals surface area contributed by atoms with Gasteiger partial charge in [-0.25, -0.2) is 0 Å². The molecule has 2 aliphatic heterocycles. The number of unbranched alkanes of at least 4 members (excludes halogenated alkanes) is 3. The van der Waals surface area contributed by atoms with Crippen molar-refractivity contribution in [2.45, 2.75) is 145 Å². The van der Waals surface area contributed by atoms with Crippen LogP contribution in [0.2, 0.25) is 0 Å². The molecule has 1 saturated carbocycles. The number of amides is 2. The van der Waals surface area contributed by atoms with Gasteiger partial charge in [0.25, 0.3) is 0 Å². The van der Waals surface area contributed by atoms with E-state index >= 15 is 0 Å². The molecule has 12 N–H and O–H groups in total. The molecule has 0 aromatic heterocycles. The van der Waals surface area contributed by atoms with E-state index in [4.69, 9.17) is 51.4 Å². The molecule has 3 fully saturated rings. The van der Waals surface area contributed by atoms with Gasteiger partial charge in [-0.2, -0.15) is 0 Å². The van der Waals surface area contributed by atoms with Gasteiger partial charge in [0.15, 0.2) is 6.29 Å². The lowest BCUT2D eigenvalue weighted by Gasteiger charge is -2.49. The van der Waals surface area contributed by atoms with Crippen LogP contribution in [0.15, 0.2) is 127 Å². The third-order valence-corrected chi connectivity index (χ3v) is 16.4. The summed E-state index contributed by atoms with van der Waals surface area (Å²) in [5, 5.41) is 20.2. The molecule has 0 unspecified atom stereocenters. The predicted molar refractivity (Wildman–Crippen MR) is 328 cm³/mol. The Morgan fingerprint density at radius 2 is 1.06 bits per heavy atom. The van der Waals surface area contributed by atoms with Crippen LogP contribution in [0, 0.1) is 0 Å². The number of carbonyl (C=O) groups excluding carboxylic acids is 2. The summed E-state index contributed by atoms with van der Waals surface area (Å²) < 4.78 is 41.0. The number of rotatable bonds is 24. The van der Waals surface area contributed by atoms with Crippen molar-refractivity contribution >= 4 is 44.1 Å². The zero-order valence-corrected chi connectivity index (χ0v) is 48.4. The average Bonchev–Trinajstić information content (AvgIpc) is 3.53. The zero-order chi connectivity index (χ0) is 57.6. The van der Waals surface area contributed by atoms with Gasteiger partial charge in [0, 0.05) is 77.3 Å². The first kappa shape index (κ1) is 62.1. The Morgan fingerprint density at radius 1 is 0.530 bits per heavy atom. The van der Waals surface area contributed by atoms with Gasteiger partial charge in [0.1, 0.15) is 36.6 Å². The SMILES string of the molecule is NC[C@H]1O[C@H](O[C@H]2[C@H](OCCCCCCNC(=O)CCCC(=O)N3CCCNCCNCCCNCC3)[C@@H](OCc3ccc4ccccc4c3)[C@H](N)C[C@@H]2N)[C@H](N)[C@@H](OCc2ccc3ccccc3c2)[C@@H]1OCc1ccc2ccccc2c1. The van der Waals surface area contributed by atoms with Crippen LogP contribution in [0.1, 0.15) is 80.9 Å². The maximum absolute atomic E-state index is 13.2. The van der Waals surface area contributed by atoms with E-state index in [0.29, 0.717) is 58.5 Å². The van der Waals surface area contributed by atoms with Gasteiger partial charge in [-0.3, -0.25) is 9.59 Å². The van der Waals surface area contributed by atoms with Gasteiger partial charge >= 0.3 is 0 Å². The first-order valence-electron chi connectivity index (χ1n) is 30.5. The molecular weight excluding hydrogens is 1050 g/mol. The summed E-state index contributed by atoms with van der Waals surface area (Å²) in [6, 6.07) is 41.8. The molecule has 10 atom stereocenters. The third kappa shape index (κ3) is 18.3. The minimum absolute atomic E-state index is 0.0290. The van der Waals surface area contributed by atoms with Gasteiger partial charge in [0.05, 0.1) is 25.9 Å². The van der Waals surface area contributed by atoms with E-state index in [1.165, 1.54) is 0 Å². The van der Waals surface area contributed by atoms with Crippen molar-refractivity contribution in [1.29, 1.82) is 0 Å². The zero-order valence-electron chi connectivity index (χ0n) is 48.4. The second kappa shape index (κ2) is 32.7. The normalized spacial score (nSPS) is 25.1. The first-order valence-corrected chi connectivity index (χ1v) is 30.5. The summed E-state index contributed by atoms with van der Waals surface area (Å²) in [6.45, 7) is 8.71. The fraction of sp³-hybridized carbons (Fsp3) is 0.515. The predicted octanol–water partition coefficient (Wildman–Crippen LogP) is 6.28. The summed E-state index contributed by atoms with van der Waals surface area (Å²) in [5.74, 6) is 0.0811. The van der Waals surface area contributed by atoms with Crippen LogP contribution in [-0.2, 0) is 57.8 Å². The number of hydrogen-bond donors (Lipinski definition) is 8. The highest BCUT2D eigenvalue weighted by molar-refractivity contribution is 5.84. The second-order valence-corrected chi connectivity index (χ2v) is 22.7. The molecule has 0 spiro atoms. The Bertz CT molecular complexity index is 2920. The molecule has 3 aliphatic rings. The standard InChI is InChI=1S/C66H91N9O8/c67-42-57-63(80-44-47-23-26-50-15-4-7-18-53(50)39-47)64(81-45-48-24-27-51-16-5-8-19-54(51)40-48)60(70)66(82-57)83-62-56(69)41-55(68)61(79-43-46-22-25-49-14-3-6-17-52(49)38-46)65(62)78-37-10-2-1-9-31-74-58(76)20-11-21-59(77)75-35-13-30-72-33-32-71-28-12-29-73-34-36-75/h3-8,14-19,22-27,38-40,55-57,60-66,71-73H,1-2,9-13,20-21,28-37,41-45,67-70H2,(H,74,76)/t55-,56+,57-,60-,61+,62-,63-,64-,65-,66-/m1/s1. The molecule has 2 heterocycles. The molecule has 83 heavy (non-hydrogen) atoms. The number of ether oxygens (including phenoxy) is 6. The number of nitrogens with zero attached hydrogens (tertiary/aromatic N) is 1. The lowest BCUT2D eigenvalue weighted by atomic mass is 9.84. The second-order valence-electron chi connectivity index (χ2n) is 22.7. The fourth-order valence-electron chi connectivity index (χ4n) is 11.7. The Hall–Kier alpha value is -5.48. The highest BCUT2D eigenvalue weighted by Gasteiger charge is 2.51. The maximum atomic E-state index is 13.2. The topological polar surface area (TPSA) is 245 Å². The maximum Gasteiger partial charge on any atom is 0.222 e. The smallest absolute Gasteiger partial charge is 0.222 e. The molecule has 6 aromatic carbocycles. The largest absolute Gasteiger partial charge is 0.373 e. The Balaban J connectivity index is 0.819. The van der Waals surface area contributed by atoms with E-state index in [0.717, 1.165) is 127 Å². The molecule has 17 heteroatoms. The van der Waals surface area contributed by atoms with Crippen molar-refractivity contribution in [3.8, 4) is 0 Å². The van der Waals surface area contributed by atoms with Crippen LogP contribution in [0.4, 0.5) is 0 Å². The first-order chi connectivity index (χ1) is 40.7. The monoisotopic (exact) mass is 1140 g/mol. The minimum Gasteiger partial charge on any atom is -0.373 e. The van der Waals surface area contributed by atoms with Crippen molar-refractivity contribution < 1.29 is 38.0 Å². The molecule has 9 rings (SSSR count). The van der Waals surface area contributed by atoms with Gasteiger partial charge in [0.2, 0.25) is 11.8 Å². The molecule has 2 amide bonds. The lowest BCUT2D eigenvalue weighted by molar-refractivity contribution is -0.304. The summed E-state index contributed by atoms with van der Waals surface area (Å²) in [6.07, 6.45) is 1.89. The average molecular weight is 1140 g/mol. The van der Waals surface area contributed by atoms with Gasteiger partial charge < -0.3 is 77.5 Å². The number of hydrogen-bond acceptors (Lipinski definition) is 15. The molecule has 6 aromatic rings. The van der Waals surface area contributed by atoms with Crippen LogP contribution in [0.3, 0.4) is 0 Å². The minimum atomic E-state index is -1.01. The summed E-state index contributed by atoms with van der Waals surface area (Å²) in [5.41, 5.74) is 30.9. The molecule has 0 bridgehead atoms. The Morgan fingerprint density at radius 3 is 1.66 bits per heavy atom. The van der Waals surface area contributed by atoms with Crippen LogP contribution in [0.25, 0.3) is 32.3 Å². The molecular formula is C66H91N9O8. The molecule has 0 radical (unpaired) electrons. The van der Waals surface area contributed by atoms with E-state index in [2.05, 4.69) is 112 Å². The van der Waals surface area contributed by atoms with E-state index in [1.807, 2.05) is 41.3 Å².